The van der Waals surface area contributed by atoms with Gasteiger partial charge in [-0.25, -0.2) is 14.4 Å². The summed E-state index contributed by atoms with van der Waals surface area (Å²) < 4.78 is 13.4. The summed E-state index contributed by atoms with van der Waals surface area (Å²) in [4.78, 5) is 8.96. The maximum Gasteiger partial charge on any atom is 0.155 e. The van der Waals surface area contributed by atoms with Gasteiger partial charge in [-0.15, -0.1) is 0 Å². The first kappa shape index (κ1) is 19.5. The molecule has 0 unspecified atom stereocenters. The third-order valence-electron chi connectivity index (χ3n) is 4.43. The lowest BCUT2D eigenvalue weighted by Crippen LogP contribution is -2.25. The number of hydrogen-bond acceptors (Lipinski definition) is 5. The van der Waals surface area contributed by atoms with Gasteiger partial charge in [-0.1, -0.05) is 36.7 Å². The van der Waals surface area contributed by atoms with E-state index in [-0.39, 0.29) is 5.02 Å². The van der Waals surface area contributed by atoms with Crippen molar-refractivity contribution >= 4 is 28.8 Å². The predicted molar refractivity (Wildman–Crippen MR) is 106 cm³/mol. The Morgan fingerprint density at radius 1 is 1.37 bits per heavy atom. The van der Waals surface area contributed by atoms with Gasteiger partial charge in [-0.3, -0.25) is 0 Å². The van der Waals surface area contributed by atoms with E-state index in [1.54, 1.807) is 18.3 Å². The zero-order chi connectivity index (χ0) is 19.4. The van der Waals surface area contributed by atoms with Crippen molar-refractivity contribution in [2.24, 2.45) is 10.1 Å². The van der Waals surface area contributed by atoms with E-state index in [0.29, 0.717) is 30.4 Å². The smallest absolute Gasteiger partial charge is 0.155 e. The molecule has 2 aromatic rings. The van der Waals surface area contributed by atoms with Gasteiger partial charge in [-0.2, -0.15) is 0 Å². The molecule has 27 heavy (non-hydrogen) atoms. The van der Waals surface area contributed by atoms with Crippen LogP contribution in [0.3, 0.4) is 0 Å². The molecule has 1 aromatic heterocycles. The average molecular weight is 389 g/mol. The third kappa shape index (κ3) is 4.70. The van der Waals surface area contributed by atoms with E-state index < -0.39 is 5.82 Å². The minimum atomic E-state index is -0.472. The van der Waals surface area contributed by atoms with Gasteiger partial charge >= 0.3 is 0 Å². The molecule has 0 saturated carbocycles. The van der Waals surface area contributed by atoms with Crippen LogP contribution < -0.4 is 5.32 Å². The van der Waals surface area contributed by atoms with Crippen LogP contribution in [0.25, 0.3) is 0 Å². The fraction of sp³-hybridized carbons (Fsp3) is 0.350. The van der Waals surface area contributed by atoms with Gasteiger partial charge < -0.3 is 10.5 Å². The zero-order valence-corrected chi connectivity index (χ0v) is 16.1. The van der Waals surface area contributed by atoms with Crippen molar-refractivity contribution in [1.82, 2.24) is 10.3 Å². The lowest BCUT2D eigenvalue weighted by molar-refractivity contribution is 0.318. The van der Waals surface area contributed by atoms with Gasteiger partial charge in [0.2, 0.25) is 0 Å². The summed E-state index contributed by atoms with van der Waals surface area (Å²) in [6.07, 6.45) is 3.52. The largest absolute Gasteiger partial charge is 0.411 e. The molecular formula is C20H22ClFN4O. The first-order chi connectivity index (χ1) is 13.0. The molecule has 0 aliphatic carbocycles. The molecule has 142 valence electrons. The summed E-state index contributed by atoms with van der Waals surface area (Å²) in [5.74, 6) is 0.200. The van der Waals surface area contributed by atoms with Gasteiger partial charge in [0, 0.05) is 48.5 Å². The quantitative estimate of drug-likeness (QED) is 0.422. The van der Waals surface area contributed by atoms with Crippen LogP contribution in [-0.4, -0.2) is 34.2 Å². The summed E-state index contributed by atoms with van der Waals surface area (Å²) in [5.41, 5.74) is 4.06. The highest BCUT2D eigenvalue weighted by Crippen LogP contribution is 2.29. The van der Waals surface area contributed by atoms with Gasteiger partial charge in [0.25, 0.3) is 0 Å². The van der Waals surface area contributed by atoms with Crippen LogP contribution in [0, 0.1) is 5.82 Å². The number of rotatable bonds is 7. The van der Waals surface area contributed by atoms with E-state index in [2.05, 4.69) is 34.3 Å². The fourth-order valence-electron chi connectivity index (χ4n) is 3.09. The summed E-state index contributed by atoms with van der Waals surface area (Å²) in [7, 11) is 0. The van der Waals surface area contributed by atoms with Crippen LogP contribution in [-0.2, 0) is 12.8 Å². The van der Waals surface area contributed by atoms with E-state index >= 15 is 0 Å². The Hall–Kier alpha value is -2.31. The second kappa shape index (κ2) is 8.59. The second-order valence-electron chi connectivity index (χ2n) is 6.85. The lowest BCUT2D eigenvalue weighted by Gasteiger charge is -2.10. The molecule has 3 rings (SSSR count). The molecule has 1 aliphatic rings. The van der Waals surface area contributed by atoms with Crippen LogP contribution >= 0.6 is 11.6 Å². The molecule has 0 radical (unpaired) electrons. The molecule has 0 atom stereocenters. The maximum absolute atomic E-state index is 13.4. The number of aliphatic imine (C=N–C) groups is 1. The van der Waals surface area contributed by atoms with Crippen molar-refractivity contribution in [2.75, 3.05) is 6.54 Å². The monoisotopic (exact) mass is 388 g/mol. The first-order valence-electron chi connectivity index (χ1n) is 8.91. The lowest BCUT2D eigenvalue weighted by atomic mass is 9.96. The molecule has 0 amide bonds. The van der Waals surface area contributed by atoms with Gasteiger partial charge in [0.1, 0.15) is 5.82 Å². The SMILES string of the molecule is CC(C)NCCC1=Nc2nccc(/C(Cc3ccc(F)c(Cl)c3)=N/O)c2C1. The maximum atomic E-state index is 13.4. The summed E-state index contributed by atoms with van der Waals surface area (Å²) in [6.45, 7) is 5.07. The molecule has 0 saturated heterocycles. The number of pyridine rings is 1. The predicted octanol–water partition coefficient (Wildman–Crippen LogP) is 4.31. The van der Waals surface area contributed by atoms with Crippen molar-refractivity contribution in [1.29, 1.82) is 0 Å². The highest BCUT2D eigenvalue weighted by atomic mass is 35.5. The molecule has 2 heterocycles. The Balaban J connectivity index is 1.77. The summed E-state index contributed by atoms with van der Waals surface area (Å²) in [6, 6.07) is 6.74. The molecule has 2 N–H and O–H groups in total. The van der Waals surface area contributed by atoms with E-state index in [1.165, 1.54) is 6.07 Å². The summed E-state index contributed by atoms with van der Waals surface area (Å²) in [5, 5.41) is 16.5. The highest BCUT2D eigenvalue weighted by molar-refractivity contribution is 6.30. The number of hydrogen-bond donors (Lipinski definition) is 2. The van der Waals surface area contributed by atoms with E-state index in [9.17, 15) is 9.60 Å². The Kier molecular flexibility index (Phi) is 6.19. The Labute approximate surface area is 163 Å². The van der Waals surface area contributed by atoms with Crippen LogP contribution in [0.2, 0.25) is 5.02 Å². The van der Waals surface area contributed by atoms with Gasteiger partial charge in [0.15, 0.2) is 5.82 Å². The van der Waals surface area contributed by atoms with Crippen LogP contribution in [0.15, 0.2) is 40.6 Å². The topological polar surface area (TPSA) is 69.9 Å². The van der Waals surface area contributed by atoms with Crippen molar-refractivity contribution < 1.29 is 9.60 Å². The number of fused-ring (bicyclic) bond motifs is 1. The van der Waals surface area contributed by atoms with Crippen molar-refractivity contribution in [3.63, 3.8) is 0 Å². The molecule has 1 aliphatic heterocycles. The van der Waals surface area contributed by atoms with Crippen LogP contribution in [0.4, 0.5) is 10.2 Å². The number of benzene rings is 1. The molecular weight excluding hydrogens is 367 g/mol. The molecule has 0 bridgehead atoms. The average Bonchev–Trinajstić information content (AvgIpc) is 3.05. The minimum absolute atomic E-state index is 0.0491. The standard InChI is InChI=1S/C20H22ClFN4O/c1-12(2)23-7-5-14-11-16-15(6-8-24-20(16)25-14)19(26-27)10-13-3-4-18(22)17(21)9-13/h3-4,6,8-9,12,23,27H,5,7,10-11H2,1-2H3/b26-19+. The molecule has 1 aromatic carbocycles. The number of nitrogens with zero attached hydrogens (tertiary/aromatic N) is 3. The molecule has 0 fully saturated rings. The highest BCUT2D eigenvalue weighted by Gasteiger charge is 2.22. The van der Waals surface area contributed by atoms with E-state index in [1.807, 2.05) is 6.07 Å². The van der Waals surface area contributed by atoms with Gasteiger partial charge in [-0.05, 0) is 30.2 Å². The van der Waals surface area contributed by atoms with E-state index in [0.717, 1.165) is 35.4 Å². The zero-order valence-electron chi connectivity index (χ0n) is 15.3. The molecule has 5 nitrogen and oxygen atoms in total. The number of oxime groups is 1. The summed E-state index contributed by atoms with van der Waals surface area (Å²) >= 11 is 5.86. The number of nitrogens with one attached hydrogen (secondary N) is 1. The first-order valence-corrected chi connectivity index (χ1v) is 9.28. The fourth-order valence-corrected chi connectivity index (χ4v) is 3.30. The van der Waals surface area contributed by atoms with Crippen molar-refractivity contribution in [2.45, 2.75) is 39.2 Å². The Morgan fingerprint density at radius 2 is 2.19 bits per heavy atom. The van der Waals surface area contributed by atoms with Crippen molar-refractivity contribution in [3.05, 3.63) is 58.0 Å². The number of halogens is 2. The Bertz CT molecular complexity index is 896. The van der Waals surface area contributed by atoms with Gasteiger partial charge in [0.05, 0.1) is 10.7 Å². The van der Waals surface area contributed by atoms with Crippen LogP contribution in [0.5, 0.6) is 0 Å². The van der Waals surface area contributed by atoms with Crippen LogP contribution in [0.1, 0.15) is 37.0 Å². The second-order valence-corrected chi connectivity index (χ2v) is 7.25. The number of aromatic nitrogens is 1. The minimum Gasteiger partial charge on any atom is -0.411 e. The third-order valence-corrected chi connectivity index (χ3v) is 4.72. The molecule has 0 spiro atoms. The molecule has 7 heteroatoms. The Morgan fingerprint density at radius 3 is 2.89 bits per heavy atom. The normalized spacial score (nSPS) is 13.8. The van der Waals surface area contributed by atoms with E-state index in [4.69, 9.17) is 11.6 Å². The van der Waals surface area contributed by atoms with Crippen molar-refractivity contribution in [3.8, 4) is 0 Å².